The van der Waals surface area contributed by atoms with Crippen molar-refractivity contribution in [3.05, 3.63) is 23.8 Å². The molecule has 0 atom stereocenters. The van der Waals surface area contributed by atoms with Crippen molar-refractivity contribution in [3.63, 3.8) is 0 Å². The predicted molar refractivity (Wildman–Crippen MR) is 64.2 cm³/mol. The molecule has 0 aromatic heterocycles. The maximum absolute atomic E-state index is 5.53. The molecule has 0 aliphatic heterocycles. The third-order valence-electron chi connectivity index (χ3n) is 2.33. The fourth-order valence-electron chi connectivity index (χ4n) is 1.47. The summed E-state index contributed by atoms with van der Waals surface area (Å²) in [6.45, 7) is 6.68. The van der Waals surface area contributed by atoms with Crippen LogP contribution in [-0.2, 0) is 10.2 Å². The summed E-state index contributed by atoms with van der Waals surface area (Å²) in [4.78, 5) is 0. The predicted octanol–water partition coefficient (Wildman–Crippen LogP) is 2.98. The van der Waals surface area contributed by atoms with Gasteiger partial charge in [0.25, 0.3) is 0 Å². The van der Waals surface area contributed by atoms with Crippen LogP contribution < -0.4 is 9.47 Å². The highest BCUT2D eigenvalue weighted by Crippen LogP contribution is 2.34. The van der Waals surface area contributed by atoms with Crippen LogP contribution in [0, 0.1) is 0 Å². The van der Waals surface area contributed by atoms with E-state index in [1.165, 1.54) is 0 Å². The van der Waals surface area contributed by atoms with E-state index in [-0.39, 0.29) is 12.2 Å². The van der Waals surface area contributed by atoms with Crippen LogP contribution in [0.1, 0.15) is 26.3 Å². The molecule has 0 spiro atoms. The van der Waals surface area contributed by atoms with Gasteiger partial charge >= 0.3 is 0 Å². The Bertz CT molecular complexity index is 340. The maximum Gasteiger partial charge on any atom is 0.188 e. The fraction of sp³-hybridized carbons (Fsp3) is 0.538. The zero-order chi connectivity index (χ0) is 12.2. The normalized spacial score (nSPS) is 11.3. The smallest absolute Gasteiger partial charge is 0.188 e. The Morgan fingerprint density at radius 3 is 2.31 bits per heavy atom. The van der Waals surface area contributed by atoms with Crippen molar-refractivity contribution in [1.29, 1.82) is 0 Å². The molecule has 0 bridgehead atoms. The molecule has 0 heterocycles. The van der Waals surface area contributed by atoms with Gasteiger partial charge in [0.05, 0.1) is 7.11 Å². The Labute approximate surface area is 97.3 Å². The van der Waals surface area contributed by atoms with E-state index in [4.69, 9.17) is 14.2 Å². The summed E-state index contributed by atoms with van der Waals surface area (Å²) in [6, 6.07) is 5.81. The monoisotopic (exact) mass is 224 g/mol. The van der Waals surface area contributed by atoms with Gasteiger partial charge < -0.3 is 14.2 Å². The first-order chi connectivity index (χ1) is 7.49. The molecule has 90 valence electrons. The van der Waals surface area contributed by atoms with E-state index >= 15 is 0 Å². The Hall–Kier alpha value is -1.22. The first kappa shape index (κ1) is 12.8. The lowest BCUT2D eigenvalue weighted by molar-refractivity contribution is 0.0497. The van der Waals surface area contributed by atoms with E-state index in [1.807, 2.05) is 18.2 Å². The second-order valence-corrected chi connectivity index (χ2v) is 4.66. The molecular weight excluding hydrogens is 204 g/mol. The molecule has 3 heteroatoms. The summed E-state index contributed by atoms with van der Waals surface area (Å²) in [5, 5.41) is 0. The second-order valence-electron chi connectivity index (χ2n) is 4.66. The summed E-state index contributed by atoms with van der Waals surface area (Å²) >= 11 is 0. The second kappa shape index (κ2) is 5.21. The molecule has 0 fully saturated rings. The van der Waals surface area contributed by atoms with Gasteiger partial charge in [-0.2, -0.15) is 0 Å². The van der Waals surface area contributed by atoms with E-state index in [2.05, 4.69) is 20.8 Å². The van der Waals surface area contributed by atoms with Gasteiger partial charge in [-0.15, -0.1) is 0 Å². The summed E-state index contributed by atoms with van der Waals surface area (Å²) in [7, 11) is 3.28. The van der Waals surface area contributed by atoms with Crippen LogP contribution in [0.15, 0.2) is 18.2 Å². The van der Waals surface area contributed by atoms with Gasteiger partial charge in [-0.25, -0.2) is 0 Å². The molecule has 0 N–H and O–H groups in total. The average Bonchev–Trinajstić information content (AvgIpc) is 2.25. The molecule has 3 nitrogen and oxygen atoms in total. The van der Waals surface area contributed by atoms with Crippen LogP contribution in [0.5, 0.6) is 11.5 Å². The van der Waals surface area contributed by atoms with Gasteiger partial charge in [0.1, 0.15) is 11.5 Å². The number of benzene rings is 1. The van der Waals surface area contributed by atoms with E-state index in [0.29, 0.717) is 0 Å². The highest BCUT2D eigenvalue weighted by atomic mass is 16.7. The molecule has 1 aromatic rings. The van der Waals surface area contributed by atoms with Crippen LogP contribution >= 0.6 is 0 Å². The molecule has 1 aromatic carbocycles. The number of rotatable bonds is 4. The SMILES string of the molecule is COCOc1ccc(OC)cc1C(C)(C)C. The third kappa shape index (κ3) is 3.14. The number of hydrogen-bond acceptors (Lipinski definition) is 3. The Morgan fingerprint density at radius 1 is 1.12 bits per heavy atom. The van der Waals surface area contributed by atoms with Crippen molar-refractivity contribution in [2.24, 2.45) is 0 Å². The highest BCUT2D eigenvalue weighted by molar-refractivity contribution is 5.44. The Balaban J connectivity index is 3.06. The van der Waals surface area contributed by atoms with Crippen LogP contribution in [0.25, 0.3) is 0 Å². The van der Waals surface area contributed by atoms with Gasteiger partial charge in [0.15, 0.2) is 6.79 Å². The first-order valence-corrected chi connectivity index (χ1v) is 5.29. The molecule has 0 amide bonds. The zero-order valence-corrected chi connectivity index (χ0v) is 10.7. The van der Waals surface area contributed by atoms with E-state index in [1.54, 1.807) is 14.2 Å². The standard InChI is InChI=1S/C13H20O3/c1-13(2,3)11-8-10(15-5)6-7-12(11)16-9-14-4/h6-8H,9H2,1-5H3. The van der Waals surface area contributed by atoms with Crippen molar-refractivity contribution >= 4 is 0 Å². The fourth-order valence-corrected chi connectivity index (χ4v) is 1.47. The van der Waals surface area contributed by atoms with Crippen molar-refractivity contribution in [3.8, 4) is 11.5 Å². The number of methoxy groups -OCH3 is 2. The third-order valence-corrected chi connectivity index (χ3v) is 2.33. The number of ether oxygens (including phenoxy) is 3. The van der Waals surface area contributed by atoms with Crippen molar-refractivity contribution in [1.82, 2.24) is 0 Å². The molecule has 0 aliphatic carbocycles. The van der Waals surface area contributed by atoms with E-state index in [9.17, 15) is 0 Å². The minimum absolute atomic E-state index is 0.0115. The summed E-state index contributed by atoms with van der Waals surface area (Å²) in [6.07, 6.45) is 0. The molecule has 0 saturated heterocycles. The molecule has 0 unspecified atom stereocenters. The van der Waals surface area contributed by atoms with E-state index in [0.717, 1.165) is 17.1 Å². The molecule has 1 rings (SSSR count). The van der Waals surface area contributed by atoms with Crippen molar-refractivity contribution in [2.45, 2.75) is 26.2 Å². The average molecular weight is 224 g/mol. The summed E-state index contributed by atoms with van der Waals surface area (Å²) < 4.78 is 15.7. The van der Waals surface area contributed by atoms with Gasteiger partial charge in [0, 0.05) is 12.7 Å². The minimum Gasteiger partial charge on any atom is -0.497 e. The lowest BCUT2D eigenvalue weighted by Gasteiger charge is -2.23. The minimum atomic E-state index is 0.0115. The van der Waals surface area contributed by atoms with Crippen LogP contribution in [0.2, 0.25) is 0 Å². The lowest BCUT2D eigenvalue weighted by atomic mass is 9.86. The van der Waals surface area contributed by atoms with Gasteiger partial charge in [-0.3, -0.25) is 0 Å². The molecule has 0 aliphatic rings. The maximum atomic E-state index is 5.53. The van der Waals surface area contributed by atoms with Crippen molar-refractivity contribution in [2.75, 3.05) is 21.0 Å². The zero-order valence-electron chi connectivity index (χ0n) is 10.7. The Kier molecular flexibility index (Phi) is 4.19. The van der Waals surface area contributed by atoms with Gasteiger partial charge in [0.2, 0.25) is 0 Å². The van der Waals surface area contributed by atoms with Crippen LogP contribution in [0.4, 0.5) is 0 Å². The van der Waals surface area contributed by atoms with Gasteiger partial charge in [-0.1, -0.05) is 20.8 Å². The molecule has 16 heavy (non-hydrogen) atoms. The van der Waals surface area contributed by atoms with Gasteiger partial charge in [-0.05, 0) is 23.6 Å². The quantitative estimate of drug-likeness (QED) is 0.736. The van der Waals surface area contributed by atoms with Crippen LogP contribution in [-0.4, -0.2) is 21.0 Å². The number of hydrogen-bond donors (Lipinski definition) is 0. The largest absolute Gasteiger partial charge is 0.497 e. The Morgan fingerprint density at radius 2 is 1.81 bits per heavy atom. The molecular formula is C13H20O3. The molecule has 0 radical (unpaired) electrons. The first-order valence-electron chi connectivity index (χ1n) is 5.29. The molecule has 0 saturated carbocycles. The summed E-state index contributed by atoms with van der Waals surface area (Å²) in [5.74, 6) is 1.69. The van der Waals surface area contributed by atoms with E-state index < -0.39 is 0 Å². The van der Waals surface area contributed by atoms with Crippen molar-refractivity contribution < 1.29 is 14.2 Å². The van der Waals surface area contributed by atoms with Crippen LogP contribution in [0.3, 0.4) is 0 Å². The topological polar surface area (TPSA) is 27.7 Å². The highest BCUT2D eigenvalue weighted by Gasteiger charge is 2.19. The summed E-state index contributed by atoms with van der Waals surface area (Å²) in [5.41, 5.74) is 1.13. The lowest BCUT2D eigenvalue weighted by Crippen LogP contribution is -2.14.